The van der Waals surface area contributed by atoms with Crippen molar-refractivity contribution < 1.29 is 15.0 Å². The summed E-state index contributed by atoms with van der Waals surface area (Å²) < 4.78 is 0. The van der Waals surface area contributed by atoms with Crippen LogP contribution >= 0.6 is 0 Å². The molecule has 0 fully saturated rings. The molecule has 0 aliphatic heterocycles. The number of hydrogen-bond donors (Lipinski definition) is 2. The highest BCUT2D eigenvalue weighted by molar-refractivity contribution is 5.79. The lowest BCUT2D eigenvalue weighted by molar-refractivity contribution is -0.165. The van der Waals surface area contributed by atoms with Crippen LogP contribution in [0.15, 0.2) is 24.3 Å². The summed E-state index contributed by atoms with van der Waals surface area (Å²) in [5.74, 6) is -1.03. The summed E-state index contributed by atoms with van der Waals surface area (Å²) in [5.41, 5.74) is -0.209. The number of benzene rings is 1. The summed E-state index contributed by atoms with van der Waals surface area (Å²) in [4.78, 5) is 11.3. The maximum atomic E-state index is 11.3. The second-order valence-corrected chi connectivity index (χ2v) is 5.52. The van der Waals surface area contributed by atoms with E-state index in [1.165, 1.54) is 0 Å². The molecule has 100 valence electrons. The van der Waals surface area contributed by atoms with Gasteiger partial charge >= 0.3 is 5.97 Å². The molecule has 0 aliphatic rings. The molecular formula is C15H22O3. The number of carbonyl (C=O) groups is 1. The molecule has 0 aliphatic carbocycles. The first-order chi connectivity index (χ1) is 8.28. The van der Waals surface area contributed by atoms with E-state index in [1.54, 1.807) is 26.0 Å². The predicted molar refractivity (Wildman–Crippen MR) is 71.4 cm³/mol. The van der Waals surface area contributed by atoms with Gasteiger partial charge in [0.2, 0.25) is 0 Å². The molecule has 0 saturated heterocycles. The molecule has 1 atom stereocenters. The summed E-state index contributed by atoms with van der Waals surface area (Å²) >= 11 is 0. The van der Waals surface area contributed by atoms with Gasteiger partial charge in [0.25, 0.3) is 0 Å². The first kappa shape index (κ1) is 14.7. The van der Waals surface area contributed by atoms with Crippen molar-refractivity contribution in [3.8, 4) is 0 Å². The number of hydrogen-bond acceptors (Lipinski definition) is 2. The van der Waals surface area contributed by atoms with Crippen LogP contribution in [0.1, 0.15) is 38.8 Å². The Morgan fingerprint density at radius 1 is 1.17 bits per heavy atom. The standard InChI is InChI=1S/C15H22O3/c1-10(2)9-12-5-7-13(8-6-12)15(18,11(3)4)14(16)17/h5-8,10-11,18H,9H2,1-4H3,(H,16,17). The summed E-state index contributed by atoms with van der Waals surface area (Å²) in [5, 5.41) is 19.5. The van der Waals surface area contributed by atoms with Crippen molar-refractivity contribution in [2.45, 2.75) is 39.7 Å². The maximum absolute atomic E-state index is 11.3. The van der Waals surface area contributed by atoms with E-state index >= 15 is 0 Å². The van der Waals surface area contributed by atoms with Crippen molar-refractivity contribution in [2.24, 2.45) is 11.8 Å². The van der Waals surface area contributed by atoms with Crippen molar-refractivity contribution in [3.05, 3.63) is 35.4 Å². The van der Waals surface area contributed by atoms with Crippen LogP contribution in [0.3, 0.4) is 0 Å². The van der Waals surface area contributed by atoms with Gasteiger partial charge in [0.05, 0.1) is 0 Å². The monoisotopic (exact) mass is 250 g/mol. The average molecular weight is 250 g/mol. The zero-order valence-corrected chi connectivity index (χ0v) is 11.5. The van der Waals surface area contributed by atoms with Gasteiger partial charge in [0.1, 0.15) is 0 Å². The van der Waals surface area contributed by atoms with Gasteiger partial charge in [0, 0.05) is 0 Å². The van der Waals surface area contributed by atoms with Crippen molar-refractivity contribution in [1.82, 2.24) is 0 Å². The lowest BCUT2D eigenvalue weighted by Crippen LogP contribution is -2.40. The Kier molecular flexibility index (Phi) is 4.52. The fraction of sp³-hybridized carbons (Fsp3) is 0.533. The molecule has 0 radical (unpaired) electrons. The van der Waals surface area contributed by atoms with Crippen molar-refractivity contribution in [3.63, 3.8) is 0 Å². The smallest absolute Gasteiger partial charge is 0.340 e. The van der Waals surface area contributed by atoms with E-state index in [-0.39, 0.29) is 5.92 Å². The van der Waals surface area contributed by atoms with Crippen LogP contribution in [0.5, 0.6) is 0 Å². The summed E-state index contributed by atoms with van der Waals surface area (Å²) in [6.07, 6.45) is 0.952. The summed E-state index contributed by atoms with van der Waals surface area (Å²) in [7, 11) is 0. The zero-order valence-electron chi connectivity index (χ0n) is 11.5. The lowest BCUT2D eigenvalue weighted by Gasteiger charge is -2.28. The van der Waals surface area contributed by atoms with Gasteiger partial charge in [-0.05, 0) is 29.4 Å². The average Bonchev–Trinajstić information content (AvgIpc) is 2.27. The zero-order chi connectivity index (χ0) is 13.9. The van der Waals surface area contributed by atoms with Crippen LogP contribution in [0.2, 0.25) is 0 Å². The van der Waals surface area contributed by atoms with Gasteiger partial charge in [-0.3, -0.25) is 0 Å². The summed E-state index contributed by atoms with van der Waals surface area (Å²) in [6, 6.07) is 7.22. The molecule has 0 amide bonds. The summed E-state index contributed by atoms with van der Waals surface area (Å²) in [6.45, 7) is 7.68. The number of rotatable bonds is 5. The third-order valence-electron chi connectivity index (χ3n) is 3.20. The predicted octanol–water partition coefficient (Wildman–Crippen LogP) is 2.81. The van der Waals surface area contributed by atoms with E-state index in [4.69, 9.17) is 0 Å². The minimum atomic E-state index is -1.81. The van der Waals surface area contributed by atoms with Crippen LogP contribution in [0.4, 0.5) is 0 Å². The van der Waals surface area contributed by atoms with Crippen molar-refractivity contribution >= 4 is 5.97 Å². The van der Waals surface area contributed by atoms with Gasteiger partial charge < -0.3 is 10.2 Å². The van der Waals surface area contributed by atoms with Gasteiger partial charge in [-0.2, -0.15) is 0 Å². The minimum absolute atomic E-state index is 0.383. The largest absolute Gasteiger partial charge is 0.479 e. The molecule has 0 saturated carbocycles. The Morgan fingerprint density at radius 3 is 2.00 bits per heavy atom. The quantitative estimate of drug-likeness (QED) is 0.844. The fourth-order valence-corrected chi connectivity index (χ4v) is 2.07. The number of aliphatic carboxylic acids is 1. The van der Waals surface area contributed by atoms with Crippen LogP contribution < -0.4 is 0 Å². The van der Waals surface area contributed by atoms with Crippen LogP contribution in [-0.2, 0) is 16.8 Å². The first-order valence-corrected chi connectivity index (χ1v) is 6.33. The van der Waals surface area contributed by atoms with E-state index in [1.807, 2.05) is 12.1 Å². The van der Waals surface area contributed by atoms with E-state index in [0.29, 0.717) is 11.5 Å². The third kappa shape index (κ3) is 2.91. The van der Waals surface area contributed by atoms with E-state index < -0.39 is 11.6 Å². The highest BCUT2D eigenvalue weighted by Crippen LogP contribution is 2.30. The molecule has 0 bridgehead atoms. The van der Waals surface area contributed by atoms with Gasteiger partial charge in [-0.1, -0.05) is 52.0 Å². The van der Waals surface area contributed by atoms with E-state index in [9.17, 15) is 15.0 Å². The molecule has 1 aromatic carbocycles. The minimum Gasteiger partial charge on any atom is -0.479 e. The molecule has 2 N–H and O–H groups in total. The van der Waals surface area contributed by atoms with Gasteiger partial charge in [-0.25, -0.2) is 4.79 Å². The number of carboxylic acid groups (broad SMARTS) is 1. The molecule has 18 heavy (non-hydrogen) atoms. The molecule has 3 heteroatoms. The van der Waals surface area contributed by atoms with E-state index in [2.05, 4.69) is 13.8 Å². The fourth-order valence-electron chi connectivity index (χ4n) is 2.07. The highest BCUT2D eigenvalue weighted by Gasteiger charge is 2.41. The second kappa shape index (κ2) is 5.53. The van der Waals surface area contributed by atoms with E-state index in [0.717, 1.165) is 12.0 Å². The van der Waals surface area contributed by atoms with Crippen molar-refractivity contribution in [2.75, 3.05) is 0 Å². The normalized spacial score (nSPS) is 14.8. The highest BCUT2D eigenvalue weighted by atomic mass is 16.4. The molecule has 0 spiro atoms. The molecule has 1 aromatic rings. The Bertz CT molecular complexity index is 406. The molecule has 0 aromatic heterocycles. The van der Waals surface area contributed by atoms with Crippen LogP contribution in [0.25, 0.3) is 0 Å². The Morgan fingerprint density at radius 2 is 1.67 bits per heavy atom. The lowest BCUT2D eigenvalue weighted by atomic mass is 9.83. The molecule has 1 unspecified atom stereocenters. The molecule has 1 rings (SSSR count). The third-order valence-corrected chi connectivity index (χ3v) is 3.20. The SMILES string of the molecule is CC(C)Cc1ccc(C(O)(C(=O)O)C(C)C)cc1. The Labute approximate surface area is 108 Å². The molecule has 3 nitrogen and oxygen atoms in total. The number of carboxylic acids is 1. The van der Waals surface area contributed by atoms with Crippen LogP contribution in [0, 0.1) is 11.8 Å². The van der Waals surface area contributed by atoms with Gasteiger partial charge in [0.15, 0.2) is 5.60 Å². The topological polar surface area (TPSA) is 57.5 Å². The van der Waals surface area contributed by atoms with Crippen molar-refractivity contribution in [1.29, 1.82) is 0 Å². The first-order valence-electron chi connectivity index (χ1n) is 6.33. The molecule has 0 heterocycles. The molecular weight excluding hydrogens is 228 g/mol. The Hall–Kier alpha value is -1.35. The van der Waals surface area contributed by atoms with Crippen LogP contribution in [-0.4, -0.2) is 16.2 Å². The second-order valence-electron chi connectivity index (χ2n) is 5.52. The number of aliphatic hydroxyl groups is 1. The Balaban J connectivity index is 3.06. The van der Waals surface area contributed by atoms with Gasteiger partial charge in [-0.15, -0.1) is 0 Å². The maximum Gasteiger partial charge on any atom is 0.340 e.